The molecule has 0 bridgehead atoms. The molecule has 2 amide bonds. The maximum atomic E-state index is 12.9. The number of ether oxygens (including phenoxy) is 1. The lowest BCUT2D eigenvalue weighted by molar-refractivity contribution is -0.139. The molecule has 1 aromatic rings. The number of esters is 1. The van der Waals surface area contributed by atoms with Crippen LogP contribution in [0.4, 0.5) is 4.79 Å². The van der Waals surface area contributed by atoms with Gasteiger partial charge in [-0.2, -0.15) is 9.57 Å². The average Bonchev–Trinajstić information content (AvgIpc) is 2.74. The van der Waals surface area contributed by atoms with E-state index in [1.807, 2.05) is 11.0 Å². The zero-order chi connectivity index (χ0) is 22.6. The highest BCUT2D eigenvalue weighted by atomic mass is 32.2. The summed E-state index contributed by atoms with van der Waals surface area (Å²) >= 11 is 0. The molecule has 2 N–H and O–H groups in total. The van der Waals surface area contributed by atoms with Crippen molar-refractivity contribution in [1.29, 1.82) is 5.26 Å². The lowest BCUT2D eigenvalue weighted by Gasteiger charge is -2.36. The molecule has 1 atom stereocenters. The molecular formula is C20H25N5O5S. The van der Waals surface area contributed by atoms with Crippen LogP contribution < -0.4 is 10.6 Å². The second-order valence-electron chi connectivity index (χ2n) is 7.25. The van der Waals surface area contributed by atoms with Gasteiger partial charge in [0.05, 0.1) is 34.7 Å². The first kappa shape index (κ1) is 22.7. The predicted molar refractivity (Wildman–Crippen MR) is 111 cm³/mol. The quantitative estimate of drug-likeness (QED) is 0.603. The van der Waals surface area contributed by atoms with Crippen molar-refractivity contribution in [3.63, 3.8) is 0 Å². The van der Waals surface area contributed by atoms with Gasteiger partial charge in [-0.15, -0.1) is 0 Å². The van der Waals surface area contributed by atoms with Gasteiger partial charge in [-0.05, 0) is 38.1 Å². The van der Waals surface area contributed by atoms with E-state index in [9.17, 15) is 18.0 Å². The summed E-state index contributed by atoms with van der Waals surface area (Å²) in [5.74, 6) is -0.487. The van der Waals surface area contributed by atoms with Crippen LogP contribution >= 0.6 is 0 Å². The number of hydrogen-bond acceptors (Lipinski definition) is 7. The summed E-state index contributed by atoms with van der Waals surface area (Å²) in [6, 6.07) is 6.92. The number of nitriles is 1. The molecule has 0 aliphatic carbocycles. The summed E-state index contributed by atoms with van der Waals surface area (Å²) in [5.41, 5.74) is 1.24. The summed E-state index contributed by atoms with van der Waals surface area (Å²) in [5, 5.41) is 14.2. The van der Waals surface area contributed by atoms with E-state index in [-0.39, 0.29) is 24.6 Å². The number of sulfonamides is 1. The maximum absolute atomic E-state index is 12.9. The molecule has 2 aliphatic heterocycles. The molecule has 1 aromatic carbocycles. The lowest BCUT2D eigenvalue weighted by atomic mass is 10.0. The van der Waals surface area contributed by atoms with E-state index >= 15 is 0 Å². The third kappa shape index (κ3) is 5.04. The van der Waals surface area contributed by atoms with E-state index in [0.29, 0.717) is 36.5 Å². The van der Waals surface area contributed by atoms with Crippen molar-refractivity contribution in [2.24, 2.45) is 0 Å². The van der Waals surface area contributed by atoms with Gasteiger partial charge in [-0.3, -0.25) is 4.90 Å². The van der Waals surface area contributed by atoms with Crippen LogP contribution in [0, 0.1) is 11.3 Å². The third-order valence-corrected chi connectivity index (χ3v) is 7.11. The van der Waals surface area contributed by atoms with Crippen LogP contribution in [0.5, 0.6) is 0 Å². The second kappa shape index (κ2) is 9.47. The Hall–Kier alpha value is -2.94. The van der Waals surface area contributed by atoms with Crippen LogP contribution in [0.15, 0.2) is 40.4 Å². The highest BCUT2D eigenvalue weighted by Gasteiger charge is 2.33. The van der Waals surface area contributed by atoms with E-state index in [4.69, 9.17) is 10.00 Å². The molecule has 2 heterocycles. The Morgan fingerprint density at radius 3 is 2.45 bits per heavy atom. The van der Waals surface area contributed by atoms with E-state index in [0.717, 1.165) is 0 Å². The molecule has 2 aliphatic rings. The standard InChI is InChI=1S/C20H25N5O5S/c1-3-30-19(26)18-14(2)22-20(27)23-17(18)13-24-8-10-25(11-9-24)31(28,29)16-6-4-15(12-21)5-7-16/h4-7,14H,3,8-11,13H2,1-2H3,(H2,22,23,27). The molecule has 0 saturated carbocycles. The van der Waals surface area contributed by atoms with E-state index in [1.54, 1.807) is 13.8 Å². The molecule has 31 heavy (non-hydrogen) atoms. The number of nitrogens with zero attached hydrogens (tertiary/aromatic N) is 3. The normalized spacial score (nSPS) is 20.5. The summed E-state index contributed by atoms with van der Waals surface area (Å²) in [4.78, 5) is 26.4. The lowest BCUT2D eigenvalue weighted by Crippen LogP contribution is -2.54. The van der Waals surface area contributed by atoms with Gasteiger partial charge >= 0.3 is 12.0 Å². The van der Waals surface area contributed by atoms with Gasteiger partial charge in [0.1, 0.15) is 0 Å². The number of piperazine rings is 1. The Kier molecular flexibility index (Phi) is 6.94. The second-order valence-corrected chi connectivity index (χ2v) is 9.19. The molecular weight excluding hydrogens is 422 g/mol. The van der Waals surface area contributed by atoms with Gasteiger partial charge < -0.3 is 15.4 Å². The van der Waals surface area contributed by atoms with Crippen molar-refractivity contribution in [3.8, 4) is 6.07 Å². The molecule has 0 aromatic heterocycles. The molecule has 166 valence electrons. The van der Waals surface area contributed by atoms with Crippen molar-refractivity contribution < 1.29 is 22.7 Å². The third-order valence-electron chi connectivity index (χ3n) is 5.20. The van der Waals surface area contributed by atoms with Crippen molar-refractivity contribution in [1.82, 2.24) is 19.8 Å². The number of amides is 2. The number of rotatable bonds is 6. The highest BCUT2D eigenvalue weighted by molar-refractivity contribution is 7.89. The smallest absolute Gasteiger partial charge is 0.337 e. The number of hydrogen-bond donors (Lipinski definition) is 2. The number of benzene rings is 1. The highest BCUT2D eigenvalue weighted by Crippen LogP contribution is 2.20. The molecule has 3 rings (SSSR count). The van der Waals surface area contributed by atoms with Crippen LogP contribution in [-0.2, 0) is 19.6 Å². The van der Waals surface area contributed by atoms with Crippen molar-refractivity contribution in [2.45, 2.75) is 24.8 Å². The molecule has 1 fully saturated rings. The molecule has 0 radical (unpaired) electrons. The summed E-state index contributed by atoms with van der Waals surface area (Å²) in [6.45, 7) is 5.37. The minimum absolute atomic E-state index is 0.145. The minimum atomic E-state index is -3.66. The molecule has 11 heteroatoms. The number of nitrogens with one attached hydrogen (secondary N) is 2. The SMILES string of the molecule is CCOC(=O)C1=C(CN2CCN(S(=O)(=O)c3ccc(C#N)cc3)CC2)NC(=O)NC1C. The Morgan fingerprint density at radius 2 is 1.87 bits per heavy atom. The van der Waals surface area contributed by atoms with E-state index < -0.39 is 28.1 Å². The van der Waals surface area contributed by atoms with Crippen molar-refractivity contribution in [3.05, 3.63) is 41.1 Å². The van der Waals surface area contributed by atoms with Gasteiger partial charge in [0.25, 0.3) is 0 Å². The van der Waals surface area contributed by atoms with Gasteiger partial charge in [-0.1, -0.05) is 0 Å². The average molecular weight is 448 g/mol. The fourth-order valence-corrected chi connectivity index (χ4v) is 5.03. The Balaban J connectivity index is 1.69. The van der Waals surface area contributed by atoms with Gasteiger partial charge in [-0.25, -0.2) is 18.0 Å². The molecule has 1 saturated heterocycles. The largest absolute Gasteiger partial charge is 0.463 e. The zero-order valence-corrected chi connectivity index (χ0v) is 18.2. The van der Waals surface area contributed by atoms with Crippen LogP contribution in [0.3, 0.4) is 0 Å². The predicted octanol–water partition coefficient (Wildman–Crippen LogP) is 0.383. The van der Waals surface area contributed by atoms with Crippen molar-refractivity contribution >= 4 is 22.0 Å². The van der Waals surface area contributed by atoms with E-state index in [2.05, 4.69) is 10.6 Å². The topological polar surface area (TPSA) is 132 Å². The number of urea groups is 1. The van der Waals surface area contributed by atoms with Crippen molar-refractivity contribution in [2.75, 3.05) is 39.3 Å². The summed E-state index contributed by atoms with van der Waals surface area (Å²) in [7, 11) is -3.66. The van der Waals surface area contributed by atoms with Crippen LogP contribution in [0.1, 0.15) is 19.4 Å². The zero-order valence-electron chi connectivity index (χ0n) is 17.4. The Bertz CT molecular complexity index is 1020. The molecule has 10 nitrogen and oxygen atoms in total. The minimum Gasteiger partial charge on any atom is -0.463 e. The Labute approximate surface area is 181 Å². The molecule has 0 spiro atoms. The van der Waals surface area contributed by atoms with Crippen LogP contribution in [0.2, 0.25) is 0 Å². The van der Waals surface area contributed by atoms with Crippen LogP contribution in [0.25, 0.3) is 0 Å². The van der Waals surface area contributed by atoms with Crippen LogP contribution in [-0.4, -0.2) is 75.0 Å². The number of carbonyl (C=O) groups is 2. The first-order valence-electron chi connectivity index (χ1n) is 9.96. The van der Waals surface area contributed by atoms with Gasteiger partial charge in [0, 0.05) is 38.4 Å². The van der Waals surface area contributed by atoms with Gasteiger partial charge in [0.15, 0.2) is 0 Å². The van der Waals surface area contributed by atoms with Gasteiger partial charge in [0.2, 0.25) is 10.0 Å². The first-order chi connectivity index (χ1) is 14.8. The Morgan fingerprint density at radius 1 is 1.23 bits per heavy atom. The fourth-order valence-electron chi connectivity index (χ4n) is 3.61. The summed E-state index contributed by atoms with van der Waals surface area (Å²) < 4.78 is 32.3. The van der Waals surface area contributed by atoms with E-state index in [1.165, 1.54) is 28.6 Å². The summed E-state index contributed by atoms with van der Waals surface area (Å²) in [6.07, 6.45) is 0. The maximum Gasteiger partial charge on any atom is 0.337 e. The first-order valence-corrected chi connectivity index (χ1v) is 11.4. The monoisotopic (exact) mass is 447 g/mol. The molecule has 1 unspecified atom stereocenters. The fraction of sp³-hybridized carbons (Fsp3) is 0.450. The number of carbonyl (C=O) groups excluding carboxylic acids is 2.